The van der Waals surface area contributed by atoms with Crippen LogP contribution >= 0.6 is 22.9 Å². The molecule has 0 unspecified atom stereocenters. The van der Waals surface area contributed by atoms with Crippen LogP contribution in [0, 0.1) is 0 Å². The highest BCUT2D eigenvalue weighted by atomic mass is 35.5. The van der Waals surface area contributed by atoms with Crippen molar-refractivity contribution in [2.45, 2.75) is 69.1 Å². The van der Waals surface area contributed by atoms with Crippen molar-refractivity contribution in [3.63, 3.8) is 0 Å². The molecule has 4 heterocycles. The molecule has 0 radical (unpaired) electrons. The highest BCUT2D eigenvalue weighted by Crippen LogP contribution is 2.30. The van der Waals surface area contributed by atoms with Crippen molar-refractivity contribution in [1.82, 2.24) is 29.9 Å². The maximum atomic E-state index is 13.1. The molecule has 0 bridgehead atoms. The van der Waals surface area contributed by atoms with E-state index >= 15 is 0 Å². The van der Waals surface area contributed by atoms with E-state index in [-0.39, 0.29) is 29.1 Å². The van der Waals surface area contributed by atoms with Gasteiger partial charge in [0.2, 0.25) is 5.91 Å². The molecule has 4 aromatic heterocycles. The molecular weight excluding hydrogens is 564 g/mol. The lowest BCUT2D eigenvalue weighted by molar-refractivity contribution is -0.123. The number of carbonyl (C=O) groups is 2. The van der Waals surface area contributed by atoms with Gasteiger partial charge in [-0.15, -0.1) is 16.4 Å². The molecule has 6 rings (SSSR count). The SMILES string of the molecule is N[C@H](Cc1cscn1)C(=O)N[C@H]1CC[C@H](Nc2cc(NC3CC3)c3ncc(C(=O)Nc4ccnc(Cl)c4)n3n2)CC1. The van der Waals surface area contributed by atoms with Crippen LogP contribution in [0.3, 0.4) is 0 Å². The average molecular weight is 595 g/mol. The third-order valence-corrected chi connectivity index (χ3v) is 8.14. The molecule has 12 nitrogen and oxygen atoms in total. The first-order chi connectivity index (χ1) is 19.9. The first kappa shape index (κ1) is 27.4. The number of nitrogens with zero attached hydrogens (tertiary/aromatic N) is 5. The number of fused-ring (bicyclic) bond motifs is 1. The van der Waals surface area contributed by atoms with E-state index in [9.17, 15) is 9.59 Å². The number of hydrogen-bond donors (Lipinski definition) is 5. The highest BCUT2D eigenvalue weighted by molar-refractivity contribution is 7.07. The zero-order chi connectivity index (χ0) is 28.3. The van der Waals surface area contributed by atoms with Gasteiger partial charge in [0.05, 0.1) is 29.1 Å². The molecule has 4 aromatic rings. The molecule has 2 saturated carbocycles. The van der Waals surface area contributed by atoms with Crippen LogP contribution in [0.25, 0.3) is 5.65 Å². The Morgan fingerprint density at radius 1 is 1.05 bits per heavy atom. The summed E-state index contributed by atoms with van der Waals surface area (Å²) in [4.78, 5) is 38.4. The average Bonchev–Trinajstić information content (AvgIpc) is 3.42. The van der Waals surface area contributed by atoms with E-state index < -0.39 is 6.04 Å². The summed E-state index contributed by atoms with van der Waals surface area (Å²) in [7, 11) is 0. The molecule has 6 N–H and O–H groups in total. The molecule has 2 fully saturated rings. The summed E-state index contributed by atoms with van der Waals surface area (Å²) in [5.41, 5.74) is 10.9. The van der Waals surface area contributed by atoms with Gasteiger partial charge in [0.1, 0.15) is 11.0 Å². The lowest BCUT2D eigenvalue weighted by Crippen LogP contribution is -2.48. The fourth-order valence-electron chi connectivity index (χ4n) is 4.98. The summed E-state index contributed by atoms with van der Waals surface area (Å²) >= 11 is 7.47. The lowest BCUT2D eigenvalue weighted by Gasteiger charge is -2.30. The number of nitrogens with two attached hydrogens (primary N) is 1. The normalized spacial score (nSPS) is 19.5. The molecule has 14 heteroatoms. The number of carbonyl (C=O) groups excluding carboxylic acids is 2. The number of aromatic nitrogens is 5. The zero-order valence-electron chi connectivity index (χ0n) is 22.2. The summed E-state index contributed by atoms with van der Waals surface area (Å²) in [5.74, 6) is 0.153. The number of pyridine rings is 1. The van der Waals surface area contributed by atoms with Gasteiger partial charge in [0.15, 0.2) is 11.3 Å². The number of hydrogen-bond acceptors (Lipinski definition) is 10. The van der Waals surface area contributed by atoms with Crippen LogP contribution in [-0.2, 0) is 11.2 Å². The Morgan fingerprint density at radius 2 is 1.80 bits per heavy atom. The van der Waals surface area contributed by atoms with Crippen molar-refractivity contribution < 1.29 is 9.59 Å². The summed E-state index contributed by atoms with van der Waals surface area (Å²) in [6.07, 6.45) is 9.05. The van der Waals surface area contributed by atoms with Gasteiger partial charge >= 0.3 is 0 Å². The lowest BCUT2D eigenvalue weighted by atomic mass is 9.91. The first-order valence-corrected chi connectivity index (χ1v) is 15.0. The quantitative estimate of drug-likeness (QED) is 0.173. The van der Waals surface area contributed by atoms with Crippen LogP contribution in [0.5, 0.6) is 0 Å². The molecule has 41 heavy (non-hydrogen) atoms. The molecule has 0 spiro atoms. The monoisotopic (exact) mass is 594 g/mol. The Morgan fingerprint density at radius 3 is 2.54 bits per heavy atom. The molecule has 2 aliphatic rings. The van der Waals surface area contributed by atoms with Crippen molar-refractivity contribution >= 4 is 57.6 Å². The van der Waals surface area contributed by atoms with Gasteiger partial charge < -0.3 is 27.0 Å². The van der Waals surface area contributed by atoms with Crippen LogP contribution in [0.2, 0.25) is 5.15 Å². The highest BCUT2D eigenvalue weighted by Gasteiger charge is 2.27. The maximum Gasteiger partial charge on any atom is 0.276 e. The third kappa shape index (κ3) is 6.75. The van der Waals surface area contributed by atoms with E-state index in [2.05, 4.69) is 36.2 Å². The molecule has 0 aliphatic heterocycles. The van der Waals surface area contributed by atoms with Crippen LogP contribution in [-0.4, -0.2) is 60.5 Å². The number of thiazole rings is 1. The number of amides is 2. The fraction of sp³-hybridized carbons (Fsp3) is 0.407. The fourth-order valence-corrected chi connectivity index (χ4v) is 5.72. The predicted octanol–water partition coefficient (Wildman–Crippen LogP) is 3.47. The van der Waals surface area contributed by atoms with Gasteiger partial charge in [-0.3, -0.25) is 9.59 Å². The predicted molar refractivity (Wildman–Crippen MR) is 158 cm³/mol. The van der Waals surface area contributed by atoms with Crippen molar-refractivity contribution in [2.24, 2.45) is 5.73 Å². The molecule has 0 aromatic carbocycles. The van der Waals surface area contributed by atoms with Crippen LogP contribution in [0.15, 0.2) is 41.5 Å². The Labute approximate surface area is 245 Å². The van der Waals surface area contributed by atoms with E-state index in [4.69, 9.17) is 22.4 Å². The van der Waals surface area contributed by atoms with Crippen LogP contribution in [0.1, 0.15) is 54.7 Å². The number of rotatable bonds is 10. The minimum Gasteiger partial charge on any atom is -0.379 e. The number of imidazole rings is 1. The van der Waals surface area contributed by atoms with E-state index in [1.54, 1.807) is 22.2 Å². The topological polar surface area (TPSA) is 164 Å². The van der Waals surface area contributed by atoms with Gasteiger partial charge in [-0.05, 0) is 50.7 Å². The van der Waals surface area contributed by atoms with Gasteiger partial charge in [-0.25, -0.2) is 19.5 Å². The number of nitrogens with one attached hydrogen (secondary N) is 4. The number of halogens is 1. The summed E-state index contributed by atoms with van der Waals surface area (Å²) in [5, 5.41) is 19.9. The maximum absolute atomic E-state index is 13.1. The largest absolute Gasteiger partial charge is 0.379 e. The Bertz CT molecular complexity index is 1530. The molecule has 2 aliphatic carbocycles. The molecule has 0 saturated heterocycles. The van der Waals surface area contributed by atoms with Gasteiger partial charge in [-0.2, -0.15) is 0 Å². The van der Waals surface area contributed by atoms with Crippen molar-refractivity contribution in [3.8, 4) is 0 Å². The summed E-state index contributed by atoms with van der Waals surface area (Å²) < 4.78 is 1.57. The molecule has 214 valence electrons. The third-order valence-electron chi connectivity index (χ3n) is 7.30. The second-order valence-corrected chi connectivity index (χ2v) is 11.7. The van der Waals surface area contributed by atoms with Gasteiger partial charge in [-0.1, -0.05) is 11.6 Å². The van der Waals surface area contributed by atoms with E-state index in [0.717, 1.165) is 49.9 Å². The summed E-state index contributed by atoms with van der Waals surface area (Å²) in [6, 6.07) is 5.23. The zero-order valence-corrected chi connectivity index (χ0v) is 23.8. The van der Waals surface area contributed by atoms with Gasteiger partial charge in [0, 0.05) is 47.9 Å². The van der Waals surface area contributed by atoms with Crippen molar-refractivity contribution in [3.05, 3.63) is 58.0 Å². The Balaban J connectivity index is 1.11. The summed E-state index contributed by atoms with van der Waals surface area (Å²) in [6.45, 7) is 0. The van der Waals surface area contributed by atoms with Crippen LogP contribution < -0.4 is 27.0 Å². The molecule has 2 amide bonds. The minimum atomic E-state index is -0.613. The molecule has 1 atom stereocenters. The first-order valence-electron chi connectivity index (χ1n) is 13.7. The Hall–Kier alpha value is -3.81. The van der Waals surface area contributed by atoms with E-state index in [0.29, 0.717) is 35.3 Å². The Kier molecular flexibility index (Phi) is 7.99. The molecular formula is C27H31ClN10O2S. The second-order valence-electron chi connectivity index (χ2n) is 10.6. The van der Waals surface area contributed by atoms with Crippen molar-refractivity contribution in [1.29, 1.82) is 0 Å². The van der Waals surface area contributed by atoms with Gasteiger partial charge in [0.25, 0.3) is 5.91 Å². The van der Waals surface area contributed by atoms with E-state index in [1.165, 1.54) is 23.7 Å². The smallest absolute Gasteiger partial charge is 0.276 e. The van der Waals surface area contributed by atoms with Crippen LogP contribution in [0.4, 0.5) is 17.2 Å². The minimum absolute atomic E-state index is 0.0789. The second kappa shape index (κ2) is 12.0. The van der Waals surface area contributed by atoms with E-state index in [1.807, 2.05) is 11.4 Å². The standard InChI is InChI=1S/C27H31ClN10O2S/c28-23-10-18(7-8-30-23)36-27(40)22-12-31-25-21(33-15-1-2-15)11-24(37-38(22)25)34-16-3-5-17(6-4-16)35-26(39)20(29)9-19-13-41-14-32-19/h7-8,10-17,20,33H,1-6,9,29H2,(H,34,37)(H,35,39)(H,30,36,40)/t16-,17-,20-/m1/s1. The van der Waals surface area contributed by atoms with Crippen molar-refractivity contribution in [2.75, 3.05) is 16.0 Å². The number of anilines is 3.